The number of nitrogens with one attached hydrogen (secondary N) is 1. The first kappa shape index (κ1) is 17.4. The summed E-state index contributed by atoms with van der Waals surface area (Å²) in [6, 6.07) is 10.5. The van der Waals surface area contributed by atoms with Crippen LogP contribution in [0.25, 0.3) is 5.69 Å². The number of hydrogen-bond acceptors (Lipinski definition) is 3. The van der Waals surface area contributed by atoms with Crippen LogP contribution in [-0.4, -0.2) is 19.6 Å². The summed E-state index contributed by atoms with van der Waals surface area (Å²) in [5, 5.41) is 12.8. The normalized spacial score (nSPS) is 12.5. The number of nitrogens with zero attached hydrogens (tertiary/aromatic N) is 4. The van der Waals surface area contributed by atoms with Gasteiger partial charge in [0.15, 0.2) is 0 Å². The van der Waals surface area contributed by atoms with E-state index in [0.29, 0.717) is 0 Å². The molecule has 0 aliphatic heterocycles. The Labute approximate surface area is 149 Å². The van der Waals surface area contributed by atoms with Crippen molar-refractivity contribution in [3.05, 3.63) is 64.7 Å². The van der Waals surface area contributed by atoms with Crippen LogP contribution in [-0.2, 0) is 13.1 Å². The van der Waals surface area contributed by atoms with Crippen LogP contribution in [0.15, 0.2) is 36.5 Å². The highest BCUT2D eigenvalue weighted by Crippen LogP contribution is 2.21. The monoisotopic (exact) mass is 337 g/mol. The fourth-order valence-corrected chi connectivity index (χ4v) is 3.34. The van der Waals surface area contributed by atoms with E-state index in [9.17, 15) is 0 Å². The number of hydrogen-bond donors (Lipinski definition) is 1. The summed E-state index contributed by atoms with van der Waals surface area (Å²) in [7, 11) is 0. The first-order valence-electron chi connectivity index (χ1n) is 8.89. The van der Waals surface area contributed by atoms with Gasteiger partial charge < -0.3 is 5.32 Å². The van der Waals surface area contributed by atoms with Gasteiger partial charge in [0.1, 0.15) is 0 Å². The molecule has 0 spiro atoms. The summed E-state index contributed by atoms with van der Waals surface area (Å²) >= 11 is 0. The van der Waals surface area contributed by atoms with Crippen molar-refractivity contribution in [1.82, 2.24) is 24.9 Å². The highest BCUT2D eigenvalue weighted by atomic mass is 15.3. The molecule has 0 bridgehead atoms. The maximum atomic E-state index is 4.60. The zero-order chi connectivity index (χ0) is 18.0. The smallest absolute Gasteiger partial charge is 0.0648 e. The van der Waals surface area contributed by atoms with Crippen LogP contribution in [0.5, 0.6) is 0 Å². The molecule has 0 aliphatic rings. The fourth-order valence-electron chi connectivity index (χ4n) is 3.34. The van der Waals surface area contributed by atoms with Gasteiger partial charge in [-0.3, -0.25) is 4.68 Å². The van der Waals surface area contributed by atoms with Crippen molar-refractivity contribution in [2.45, 2.75) is 53.8 Å². The van der Waals surface area contributed by atoms with Gasteiger partial charge in [-0.2, -0.15) is 10.2 Å². The molecule has 1 unspecified atom stereocenters. The van der Waals surface area contributed by atoms with Gasteiger partial charge >= 0.3 is 0 Å². The molecule has 2 aromatic heterocycles. The molecule has 1 N–H and O–H groups in total. The maximum absolute atomic E-state index is 4.60. The van der Waals surface area contributed by atoms with Gasteiger partial charge in [-0.25, -0.2) is 4.68 Å². The minimum atomic E-state index is 0.223. The zero-order valence-corrected chi connectivity index (χ0v) is 15.7. The molecule has 5 heteroatoms. The molecule has 2 heterocycles. The summed E-state index contributed by atoms with van der Waals surface area (Å²) < 4.78 is 4.06. The second kappa shape index (κ2) is 7.23. The molecule has 3 rings (SSSR count). The van der Waals surface area contributed by atoms with E-state index in [-0.39, 0.29) is 6.04 Å². The largest absolute Gasteiger partial charge is 0.306 e. The molecule has 0 saturated carbocycles. The standard InChI is InChI=1S/C20H27N5/c1-6-24-16(4)19(15(3)23-24)12-21-14(2)20-13-22-25(17(20)5)18-10-8-7-9-11-18/h7-11,13-14,21H,6,12H2,1-5H3. The minimum absolute atomic E-state index is 0.223. The van der Waals surface area contributed by atoms with Crippen molar-refractivity contribution in [2.75, 3.05) is 0 Å². The Morgan fingerprint density at radius 2 is 1.80 bits per heavy atom. The molecule has 0 aliphatic carbocycles. The number of benzene rings is 1. The Bertz CT molecular complexity index is 845. The number of aromatic nitrogens is 4. The fraction of sp³-hybridized carbons (Fsp3) is 0.400. The Balaban J connectivity index is 1.76. The minimum Gasteiger partial charge on any atom is -0.306 e. The van der Waals surface area contributed by atoms with E-state index < -0.39 is 0 Å². The van der Waals surface area contributed by atoms with Crippen molar-refractivity contribution in [3.63, 3.8) is 0 Å². The Morgan fingerprint density at radius 3 is 2.44 bits per heavy atom. The number of aryl methyl sites for hydroxylation is 2. The van der Waals surface area contributed by atoms with Gasteiger partial charge in [-0.15, -0.1) is 0 Å². The molecule has 25 heavy (non-hydrogen) atoms. The topological polar surface area (TPSA) is 47.7 Å². The van der Waals surface area contributed by atoms with Crippen molar-refractivity contribution >= 4 is 0 Å². The number of para-hydroxylation sites is 1. The van der Waals surface area contributed by atoms with Crippen LogP contribution >= 0.6 is 0 Å². The van der Waals surface area contributed by atoms with Crippen molar-refractivity contribution in [1.29, 1.82) is 0 Å². The molecule has 0 radical (unpaired) electrons. The highest BCUT2D eigenvalue weighted by Gasteiger charge is 2.16. The molecule has 5 nitrogen and oxygen atoms in total. The number of rotatable bonds is 6. The summed E-state index contributed by atoms with van der Waals surface area (Å²) in [6.07, 6.45) is 1.97. The quantitative estimate of drug-likeness (QED) is 0.743. The summed E-state index contributed by atoms with van der Waals surface area (Å²) in [4.78, 5) is 0. The van der Waals surface area contributed by atoms with Gasteiger partial charge in [0.25, 0.3) is 0 Å². The van der Waals surface area contributed by atoms with Crippen LogP contribution in [0, 0.1) is 20.8 Å². The van der Waals surface area contributed by atoms with E-state index in [0.717, 1.165) is 24.5 Å². The van der Waals surface area contributed by atoms with Gasteiger partial charge in [0, 0.05) is 41.6 Å². The summed E-state index contributed by atoms with van der Waals surface area (Å²) in [5.74, 6) is 0. The van der Waals surface area contributed by atoms with Gasteiger partial charge in [-0.1, -0.05) is 18.2 Å². The van der Waals surface area contributed by atoms with Crippen molar-refractivity contribution < 1.29 is 0 Å². The summed E-state index contributed by atoms with van der Waals surface area (Å²) in [6.45, 7) is 12.4. The third kappa shape index (κ3) is 3.37. The molecule has 0 fully saturated rings. The van der Waals surface area contributed by atoms with Crippen LogP contribution in [0.2, 0.25) is 0 Å². The van der Waals surface area contributed by atoms with Crippen LogP contribution in [0.4, 0.5) is 0 Å². The lowest BCUT2D eigenvalue weighted by Gasteiger charge is -2.14. The van der Waals surface area contributed by atoms with E-state index in [1.165, 1.54) is 22.5 Å². The first-order chi connectivity index (χ1) is 12.0. The predicted octanol–water partition coefficient (Wildman–Crippen LogP) is 3.86. The zero-order valence-electron chi connectivity index (χ0n) is 15.7. The second-order valence-corrected chi connectivity index (χ2v) is 6.50. The third-order valence-corrected chi connectivity index (χ3v) is 4.93. The van der Waals surface area contributed by atoms with E-state index in [2.05, 4.69) is 66.9 Å². The van der Waals surface area contributed by atoms with E-state index in [1.54, 1.807) is 0 Å². The molecular weight excluding hydrogens is 310 g/mol. The average Bonchev–Trinajstić information content (AvgIpc) is 3.13. The van der Waals surface area contributed by atoms with Crippen LogP contribution in [0.3, 0.4) is 0 Å². The molecule has 0 saturated heterocycles. The molecule has 1 atom stereocenters. The lowest BCUT2D eigenvalue weighted by Crippen LogP contribution is -2.19. The molecule has 132 valence electrons. The Kier molecular flexibility index (Phi) is 5.04. The third-order valence-electron chi connectivity index (χ3n) is 4.93. The van der Waals surface area contributed by atoms with Gasteiger partial charge in [0.2, 0.25) is 0 Å². The second-order valence-electron chi connectivity index (χ2n) is 6.50. The molecular formula is C20H27N5. The summed E-state index contributed by atoms with van der Waals surface area (Å²) in [5.41, 5.74) is 7.13. The SMILES string of the molecule is CCn1nc(C)c(CNC(C)c2cnn(-c3ccccc3)c2C)c1C. The van der Waals surface area contributed by atoms with Crippen molar-refractivity contribution in [3.8, 4) is 5.69 Å². The molecule has 1 aromatic carbocycles. The van der Waals surface area contributed by atoms with E-state index >= 15 is 0 Å². The first-order valence-corrected chi connectivity index (χ1v) is 8.89. The average molecular weight is 337 g/mol. The Morgan fingerprint density at radius 1 is 1.08 bits per heavy atom. The molecule has 0 amide bonds. The van der Waals surface area contributed by atoms with Crippen LogP contribution in [0.1, 0.15) is 48.1 Å². The van der Waals surface area contributed by atoms with Crippen molar-refractivity contribution in [2.24, 2.45) is 0 Å². The van der Waals surface area contributed by atoms with Crippen LogP contribution < -0.4 is 5.32 Å². The Hall–Kier alpha value is -2.40. The highest BCUT2D eigenvalue weighted by molar-refractivity contribution is 5.35. The van der Waals surface area contributed by atoms with E-state index in [4.69, 9.17) is 0 Å². The van der Waals surface area contributed by atoms with Gasteiger partial charge in [-0.05, 0) is 46.8 Å². The molecule has 3 aromatic rings. The lowest BCUT2D eigenvalue weighted by molar-refractivity contribution is 0.567. The lowest BCUT2D eigenvalue weighted by atomic mass is 10.1. The van der Waals surface area contributed by atoms with Gasteiger partial charge in [0.05, 0.1) is 17.6 Å². The maximum Gasteiger partial charge on any atom is 0.0648 e. The predicted molar refractivity (Wildman–Crippen MR) is 101 cm³/mol. The van der Waals surface area contributed by atoms with E-state index in [1.807, 2.05) is 29.1 Å².